The molecule has 1 aromatic rings. The highest BCUT2D eigenvalue weighted by atomic mass is 35.5. The minimum Gasteiger partial charge on any atom is -0.349 e. The van der Waals surface area contributed by atoms with Crippen molar-refractivity contribution in [1.82, 2.24) is 10.6 Å². The molecule has 1 amide bonds. The Hall–Kier alpha value is -1.06. The van der Waals surface area contributed by atoms with Gasteiger partial charge in [0, 0.05) is 29.7 Å². The zero-order valence-corrected chi connectivity index (χ0v) is 9.50. The average Bonchev–Trinajstić information content (AvgIpc) is 2.74. The number of nitrogens with one attached hydrogen (secondary N) is 2. The Labute approximate surface area is 99.2 Å². The van der Waals surface area contributed by atoms with E-state index >= 15 is 0 Å². The highest BCUT2D eigenvalue weighted by molar-refractivity contribution is 6.30. The quantitative estimate of drug-likeness (QED) is 0.813. The molecule has 1 saturated heterocycles. The zero-order chi connectivity index (χ0) is 11.1. The highest BCUT2D eigenvalue weighted by Gasteiger charge is 2.53. The van der Waals surface area contributed by atoms with Gasteiger partial charge in [0.25, 0.3) is 5.91 Å². The number of hydrogen-bond acceptors (Lipinski definition) is 2. The first-order chi connectivity index (χ1) is 7.75. The topological polar surface area (TPSA) is 41.1 Å². The van der Waals surface area contributed by atoms with Gasteiger partial charge in [-0.1, -0.05) is 17.7 Å². The summed E-state index contributed by atoms with van der Waals surface area (Å²) in [6.07, 6.45) is 0. The van der Waals surface area contributed by atoms with Crippen LogP contribution in [0.1, 0.15) is 10.4 Å². The molecule has 3 nitrogen and oxygen atoms in total. The summed E-state index contributed by atoms with van der Waals surface area (Å²) in [4.78, 5) is 11.9. The molecule has 2 unspecified atom stereocenters. The predicted octanol–water partition coefficient (Wildman–Crippen LogP) is 1.29. The van der Waals surface area contributed by atoms with Gasteiger partial charge in [-0.2, -0.15) is 0 Å². The van der Waals surface area contributed by atoms with E-state index in [-0.39, 0.29) is 5.91 Å². The maximum Gasteiger partial charge on any atom is 0.251 e. The lowest BCUT2D eigenvalue weighted by Gasteiger charge is -2.07. The van der Waals surface area contributed by atoms with Crippen LogP contribution in [0, 0.1) is 11.8 Å². The van der Waals surface area contributed by atoms with Gasteiger partial charge in [-0.05, 0) is 30.0 Å². The number of amides is 1. The van der Waals surface area contributed by atoms with Gasteiger partial charge in [-0.3, -0.25) is 4.79 Å². The van der Waals surface area contributed by atoms with Crippen LogP contribution < -0.4 is 10.6 Å². The Bertz CT molecular complexity index is 425. The Morgan fingerprint density at radius 1 is 1.38 bits per heavy atom. The molecular formula is C12H13ClN2O. The van der Waals surface area contributed by atoms with Crippen molar-refractivity contribution in [3.8, 4) is 0 Å². The van der Waals surface area contributed by atoms with E-state index in [1.54, 1.807) is 24.3 Å². The summed E-state index contributed by atoms with van der Waals surface area (Å²) in [6.45, 7) is 2.07. The van der Waals surface area contributed by atoms with E-state index in [1.807, 2.05) is 0 Å². The van der Waals surface area contributed by atoms with Crippen molar-refractivity contribution in [2.75, 3.05) is 13.1 Å². The Kier molecular flexibility index (Phi) is 2.37. The molecule has 0 aromatic heterocycles. The van der Waals surface area contributed by atoms with Gasteiger partial charge in [-0.25, -0.2) is 0 Å². The molecule has 1 heterocycles. The van der Waals surface area contributed by atoms with Crippen molar-refractivity contribution in [3.05, 3.63) is 34.9 Å². The molecule has 0 spiro atoms. The van der Waals surface area contributed by atoms with E-state index in [4.69, 9.17) is 11.6 Å². The fourth-order valence-electron chi connectivity index (χ4n) is 2.50. The summed E-state index contributed by atoms with van der Waals surface area (Å²) in [7, 11) is 0. The monoisotopic (exact) mass is 236 g/mol. The minimum atomic E-state index is -0.0121. The van der Waals surface area contributed by atoms with Crippen molar-refractivity contribution >= 4 is 17.5 Å². The maximum absolute atomic E-state index is 11.9. The number of carbonyl (C=O) groups excluding carboxylic acids is 1. The van der Waals surface area contributed by atoms with Crippen molar-refractivity contribution < 1.29 is 4.79 Å². The van der Waals surface area contributed by atoms with Gasteiger partial charge in [0.1, 0.15) is 0 Å². The summed E-state index contributed by atoms with van der Waals surface area (Å²) in [5.74, 6) is 1.27. The predicted molar refractivity (Wildman–Crippen MR) is 62.6 cm³/mol. The lowest BCUT2D eigenvalue weighted by Crippen LogP contribution is -2.32. The first-order valence-corrected chi connectivity index (χ1v) is 5.90. The third-order valence-corrected chi connectivity index (χ3v) is 3.71. The normalized spacial score (nSPS) is 30.9. The third-order valence-electron chi connectivity index (χ3n) is 3.48. The van der Waals surface area contributed by atoms with Crippen molar-refractivity contribution in [2.24, 2.45) is 11.8 Å². The second-order valence-corrected chi connectivity index (χ2v) is 4.93. The van der Waals surface area contributed by atoms with Crippen LogP contribution >= 0.6 is 11.6 Å². The molecule has 1 aliphatic carbocycles. The molecule has 2 aliphatic rings. The van der Waals surface area contributed by atoms with E-state index in [0.717, 1.165) is 13.1 Å². The number of benzene rings is 1. The number of fused-ring (bicyclic) bond motifs is 1. The molecule has 4 heteroatoms. The van der Waals surface area contributed by atoms with Crippen molar-refractivity contribution in [1.29, 1.82) is 0 Å². The van der Waals surface area contributed by atoms with Crippen LogP contribution in [-0.4, -0.2) is 25.0 Å². The van der Waals surface area contributed by atoms with Crippen LogP contribution in [0.25, 0.3) is 0 Å². The van der Waals surface area contributed by atoms with Crippen molar-refractivity contribution in [3.63, 3.8) is 0 Å². The van der Waals surface area contributed by atoms with Gasteiger partial charge in [0.15, 0.2) is 0 Å². The Morgan fingerprint density at radius 2 is 2.12 bits per heavy atom. The van der Waals surface area contributed by atoms with Crippen LogP contribution in [0.2, 0.25) is 5.02 Å². The van der Waals surface area contributed by atoms with Crippen LogP contribution in [-0.2, 0) is 0 Å². The Morgan fingerprint density at radius 3 is 2.81 bits per heavy atom. The van der Waals surface area contributed by atoms with E-state index < -0.39 is 0 Å². The number of carbonyl (C=O) groups is 1. The van der Waals surface area contributed by atoms with Gasteiger partial charge >= 0.3 is 0 Å². The number of rotatable bonds is 2. The molecule has 0 radical (unpaired) electrons. The molecule has 2 N–H and O–H groups in total. The van der Waals surface area contributed by atoms with Crippen LogP contribution in [0.5, 0.6) is 0 Å². The molecule has 2 fully saturated rings. The van der Waals surface area contributed by atoms with E-state index in [9.17, 15) is 4.79 Å². The summed E-state index contributed by atoms with van der Waals surface area (Å²) in [5.41, 5.74) is 0.644. The molecule has 3 rings (SSSR count). The van der Waals surface area contributed by atoms with E-state index in [0.29, 0.717) is 28.5 Å². The summed E-state index contributed by atoms with van der Waals surface area (Å²) in [6, 6.07) is 7.43. The number of hydrogen-bond donors (Lipinski definition) is 2. The van der Waals surface area contributed by atoms with Gasteiger partial charge in [-0.15, -0.1) is 0 Å². The van der Waals surface area contributed by atoms with Crippen LogP contribution in [0.3, 0.4) is 0 Å². The molecule has 16 heavy (non-hydrogen) atoms. The maximum atomic E-state index is 11.9. The van der Waals surface area contributed by atoms with Crippen LogP contribution in [0.4, 0.5) is 0 Å². The van der Waals surface area contributed by atoms with Gasteiger partial charge in [0.2, 0.25) is 0 Å². The standard InChI is InChI=1S/C12H13ClN2O/c13-8-3-1-2-7(4-8)12(16)15-11-9-5-14-6-10(9)11/h1-4,9-11,14H,5-6H2,(H,15,16). The summed E-state index contributed by atoms with van der Waals surface area (Å²) < 4.78 is 0. The smallest absolute Gasteiger partial charge is 0.251 e. The van der Waals surface area contributed by atoms with E-state index in [1.165, 1.54) is 0 Å². The molecule has 1 aromatic carbocycles. The lowest BCUT2D eigenvalue weighted by atomic mass is 10.2. The van der Waals surface area contributed by atoms with Gasteiger partial charge in [0.05, 0.1) is 0 Å². The fraction of sp³-hybridized carbons (Fsp3) is 0.417. The first kappa shape index (κ1) is 10.1. The SMILES string of the molecule is O=C(NC1C2CNCC21)c1cccc(Cl)c1. The largest absolute Gasteiger partial charge is 0.349 e. The lowest BCUT2D eigenvalue weighted by molar-refractivity contribution is 0.0946. The minimum absolute atomic E-state index is 0.0121. The summed E-state index contributed by atoms with van der Waals surface area (Å²) in [5, 5.41) is 6.97. The van der Waals surface area contributed by atoms with Crippen molar-refractivity contribution in [2.45, 2.75) is 6.04 Å². The highest BCUT2D eigenvalue weighted by Crippen LogP contribution is 2.41. The number of piperidine rings is 1. The Balaban J connectivity index is 1.66. The third kappa shape index (κ3) is 1.70. The molecule has 1 saturated carbocycles. The zero-order valence-electron chi connectivity index (χ0n) is 8.74. The van der Waals surface area contributed by atoms with Crippen LogP contribution in [0.15, 0.2) is 24.3 Å². The van der Waals surface area contributed by atoms with Gasteiger partial charge < -0.3 is 10.6 Å². The second kappa shape index (κ2) is 3.75. The fourth-order valence-corrected chi connectivity index (χ4v) is 2.69. The number of halogens is 1. The molecular weight excluding hydrogens is 224 g/mol. The molecule has 2 atom stereocenters. The summed E-state index contributed by atoms with van der Waals surface area (Å²) >= 11 is 5.85. The van der Waals surface area contributed by atoms with E-state index in [2.05, 4.69) is 10.6 Å². The second-order valence-electron chi connectivity index (χ2n) is 4.50. The molecule has 0 bridgehead atoms. The molecule has 1 aliphatic heterocycles. The average molecular weight is 237 g/mol. The first-order valence-electron chi connectivity index (χ1n) is 5.53. The molecule has 84 valence electrons.